The van der Waals surface area contributed by atoms with E-state index >= 15 is 0 Å². The van der Waals surface area contributed by atoms with E-state index < -0.39 is 0 Å². The molecule has 0 saturated carbocycles. The molecule has 490 valence electrons. The number of rotatable bonds is 9. The molecular weight excluding hydrogens is 1270 g/mol. The summed E-state index contributed by atoms with van der Waals surface area (Å²) in [5.41, 5.74) is 31.4. The largest absolute Gasteiger partial charge is 0.309 e. The highest BCUT2D eigenvalue weighted by Crippen LogP contribution is 2.50. The van der Waals surface area contributed by atoms with Crippen molar-refractivity contribution in [2.45, 2.75) is 19.3 Å². The minimum Gasteiger partial charge on any atom is -0.309 e. The Bertz CT molecular complexity index is 7250. The molecule has 22 rings (SSSR count). The van der Waals surface area contributed by atoms with Crippen LogP contribution < -0.4 is 0 Å². The van der Waals surface area contributed by atoms with Gasteiger partial charge >= 0.3 is 0 Å². The van der Waals surface area contributed by atoms with Gasteiger partial charge in [-0.25, -0.2) is 0 Å². The van der Waals surface area contributed by atoms with E-state index in [1.54, 1.807) is 0 Å². The predicted octanol–water partition coefficient (Wildman–Crippen LogP) is 27.0. The zero-order chi connectivity index (χ0) is 69.2. The molecule has 0 aliphatic heterocycles. The molecule has 21 aromatic rings. The molecule has 0 radical (unpaired) electrons. The van der Waals surface area contributed by atoms with E-state index in [1.807, 2.05) is 0 Å². The molecule has 0 N–H and O–H groups in total. The van der Waals surface area contributed by atoms with Crippen molar-refractivity contribution in [3.05, 3.63) is 375 Å². The summed E-state index contributed by atoms with van der Waals surface area (Å²) in [5, 5.41) is 14.8. The third-order valence-corrected chi connectivity index (χ3v) is 23.1. The third-order valence-electron chi connectivity index (χ3n) is 23.1. The molecule has 0 fully saturated rings. The van der Waals surface area contributed by atoms with Crippen molar-refractivity contribution in [2.24, 2.45) is 0 Å². The fourth-order valence-electron chi connectivity index (χ4n) is 18.1. The highest BCUT2D eigenvalue weighted by Gasteiger charge is 2.35. The third kappa shape index (κ3) is 9.06. The number of fused-ring (bicyclic) bond motifs is 18. The lowest BCUT2D eigenvalue weighted by Gasteiger charge is -2.22. The van der Waals surface area contributed by atoms with Crippen LogP contribution in [0.25, 0.3) is 198 Å². The van der Waals surface area contributed by atoms with Gasteiger partial charge < -0.3 is 18.3 Å². The van der Waals surface area contributed by atoms with Crippen molar-refractivity contribution in [2.75, 3.05) is 0 Å². The van der Waals surface area contributed by atoms with Crippen molar-refractivity contribution >= 4 is 109 Å². The molecule has 0 bridgehead atoms. The first-order valence-electron chi connectivity index (χ1n) is 36.5. The van der Waals surface area contributed by atoms with Crippen molar-refractivity contribution in [3.8, 4) is 89.5 Å². The molecule has 4 heteroatoms. The van der Waals surface area contributed by atoms with Gasteiger partial charge in [0.05, 0.1) is 44.1 Å². The van der Waals surface area contributed by atoms with Crippen LogP contribution in [-0.4, -0.2) is 18.3 Å². The number of para-hydroxylation sites is 5. The number of benzene rings is 17. The molecular formula is C101H66N4. The van der Waals surface area contributed by atoms with Crippen molar-refractivity contribution in [1.29, 1.82) is 0 Å². The number of hydrogen-bond donors (Lipinski definition) is 0. The van der Waals surface area contributed by atoms with Gasteiger partial charge in [0.15, 0.2) is 0 Å². The molecule has 0 saturated heterocycles. The summed E-state index contributed by atoms with van der Waals surface area (Å²) < 4.78 is 9.76. The van der Waals surface area contributed by atoms with Crippen LogP contribution in [0.2, 0.25) is 0 Å². The second kappa shape index (κ2) is 22.7. The smallest absolute Gasteiger partial charge is 0.0547 e. The van der Waals surface area contributed by atoms with Crippen LogP contribution in [0.1, 0.15) is 25.0 Å². The molecule has 105 heavy (non-hydrogen) atoms. The molecule has 1 aliphatic carbocycles. The van der Waals surface area contributed by atoms with Gasteiger partial charge in [0.1, 0.15) is 0 Å². The molecule has 4 aromatic heterocycles. The maximum absolute atomic E-state index is 2.47. The molecule has 4 heterocycles. The second-order valence-corrected chi connectivity index (χ2v) is 29.2. The average molecular weight is 1340 g/mol. The highest BCUT2D eigenvalue weighted by atomic mass is 15.0. The standard InChI is InChI=1S/C101H66N4/c1-101(2)91-32-11-6-27-80(91)81-48-42-71(60-92(81)101)66-21-18-25-77(56-66)104-96-36-15-10-31-85(96)90-59-70(46-52-98(90)104)73-44-50-87-83-29-8-13-34-94(83)105(100(87)62-73)78-26-17-20-65(55-78)68-39-37-63-38-40-74-53-67(41-47-79(74)88(63)57-68)64-19-16-24-76(54-64)103-95-35-14-9-30-84(95)89-58-69(45-51-97(89)103)72-43-49-86-82-28-7-12-33-93(82)102(99(86)61-72)75-22-4-3-5-23-75/h3-62H,1-2H3. The Morgan fingerprint density at radius 2 is 0.505 bits per heavy atom. The lowest BCUT2D eigenvalue weighted by Crippen LogP contribution is -2.14. The van der Waals surface area contributed by atoms with Crippen LogP contribution in [0.15, 0.2) is 364 Å². The summed E-state index contributed by atoms with van der Waals surface area (Å²) in [4.78, 5) is 0. The summed E-state index contributed by atoms with van der Waals surface area (Å²) in [6, 6.07) is 136. The Balaban J connectivity index is 0.583. The average Bonchev–Trinajstić information content (AvgIpc) is 1.64. The first-order chi connectivity index (χ1) is 51.8. The predicted molar refractivity (Wildman–Crippen MR) is 444 cm³/mol. The van der Waals surface area contributed by atoms with Crippen molar-refractivity contribution < 1.29 is 0 Å². The van der Waals surface area contributed by atoms with E-state index in [2.05, 4.69) is 396 Å². The quantitative estimate of drug-likeness (QED) is 0.128. The van der Waals surface area contributed by atoms with E-state index in [0.29, 0.717) is 0 Å². The van der Waals surface area contributed by atoms with Gasteiger partial charge in [0, 0.05) is 71.3 Å². The maximum Gasteiger partial charge on any atom is 0.0547 e. The van der Waals surface area contributed by atoms with Gasteiger partial charge in [-0.3, -0.25) is 0 Å². The highest BCUT2D eigenvalue weighted by molar-refractivity contribution is 6.16. The molecule has 0 spiro atoms. The fraction of sp³-hybridized carbons (Fsp3) is 0.0297. The number of hydrogen-bond acceptors (Lipinski definition) is 0. The summed E-state index contributed by atoms with van der Waals surface area (Å²) in [5.74, 6) is 0. The summed E-state index contributed by atoms with van der Waals surface area (Å²) in [6.45, 7) is 4.72. The van der Waals surface area contributed by atoms with Crippen LogP contribution in [0.3, 0.4) is 0 Å². The zero-order valence-electron chi connectivity index (χ0n) is 57.9. The summed E-state index contributed by atoms with van der Waals surface area (Å²) >= 11 is 0. The van der Waals surface area contributed by atoms with Gasteiger partial charge in [0.2, 0.25) is 0 Å². The van der Waals surface area contributed by atoms with E-state index in [-0.39, 0.29) is 5.41 Å². The van der Waals surface area contributed by atoms with E-state index in [4.69, 9.17) is 0 Å². The topological polar surface area (TPSA) is 19.7 Å². The normalized spacial score (nSPS) is 12.7. The van der Waals surface area contributed by atoms with Gasteiger partial charge in [-0.05, 0) is 227 Å². The lowest BCUT2D eigenvalue weighted by molar-refractivity contribution is 0.660. The van der Waals surface area contributed by atoms with Gasteiger partial charge in [-0.1, -0.05) is 250 Å². The van der Waals surface area contributed by atoms with E-state index in [0.717, 1.165) is 22.7 Å². The Hall–Kier alpha value is -13.5. The van der Waals surface area contributed by atoms with Crippen LogP contribution in [0, 0.1) is 0 Å². The molecule has 1 aliphatic rings. The Kier molecular flexibility index (Phi) is 12.8. The Morgan fingerprint density at radius 1 is 0.171 bits per heavy atom. The van der Waals surface area contributed by atoms with Crippen LogP contribution in [0.4, 0.5) is 0 Å². The molecule has 0 amide bonds. The van der Waals surface area contributed by atoms with Crippen LogP contribution in [-0.2, 0) is 5.41 Å². The molecule has 0 atom stereocenters. The second-order valence-electron chi connectivity index (χ2n) is 29.2. The first kappa shape index (κ1) is 59.2. The van der Waals surface area contributed by atoms with Crippen LogP contribution in [0.5, 0.6) is 0 Å². The Labute approximate surface area is 607 Å². The number of nitrogens with zero attached hydrogens (tertiary/aromatic N) is 4. The van der Waals surface area contributed by atoms with Crippen molar-refractivity contribution in [3.63, 3.8) is 0 Å². The molecule has 17 aromatic carbocycles. The fourth-order valence-corrected chi connectivity index (χ4v) is 18.1. The maximum atomic E-state index is 2.47. The number of aromatic nitrogens is 4. The van der Waals surface area contributed by atoms with Gasteiger partial charge in [0.25, 0.3) is 0 Å². The first-order valence-corrected chi connectivity index (χ1v) is 36.5. The van der Waals surface area contributed by atoms with Gasteiger partial charge in [-0.15, -0.1) is 0 Å². The van der Waals surface area contributed by atoms with Crippen molar-refractivity contribution in [1.82, 2.24) is 18.3 Å². The Morgan fingerprint density at radius 3 is 1.05 bits per heavy atom. The minimum absolute atomic E-state index is 0.0705. The van der Waals surface area contributed by atoms with E-state index in [1.165, 1.54) is 187 Å². The van der Waals surface area contributed by atoms with E-state index in [9.17, 15) is 0 Å². The zero-order valence-corrected chi connectivity index (χ0v) is 57.9. The lowest BCUT2D eigenvalue weighted by atomic mass is 9.81. The van der Waals surface area contributed by atoms with Crippen LogP contribution >= 0.6 is 0 Å². The summed E-state index contributed by atoms with van der Waals surface area (Å²) in [6.07, 6.45) is 0. The summed E-state index contributed by atoms with van der Waals surface area (Å²) in [7, 11) is 0. The molecule has 0 unspecified atom stereocenters. The van der Waals surface area contributed by atoms with Gasteiger partial charge in [-0.2, -0.15) is 0 Å². The molecule has 4 nitrogen and oxygen atoms in total. The monoisotopic (exact) mass is 1330 g/mol. The minimum atomic E-state index is -0.0705. The SMILES string of the molecule is CC1(C)c2ccccc2-c2ccc(-c3cccc(-n4c5ccccc5c5cc(-c6ccc7c8ccccc8n(-c8cccc(-c9ccc%10ccc%11cc(-c%12cccc(-n%13c%14ccccc%14c%14cc(-c%15ccc%16c%17ccccc%17n(-c%17ccccc%17)c%16c%15)ccc%14%13)c%12)ccc%11c%10c9)c8)c7c6)ccc54)c3)cc21.